The summed E-state index contributed by atoms with van der Waals surface area (Å²) in [6.45, 7) is 6.11. The minimum Gasteiger partial charge on any atom is -0.310 e. The average molecular weight is 316 g/mol. The Morgan fingerprint density at radius 1 is 1.47 bits per heavy atom. The molecule has 92 valence electrons. The summed E-state index contributed by atoms with van der Waals surface area (Å²) in [4.78, 5) is 0. The molecular formula is C10H14BrN5S. The summed E-state index contributed by atoms with van der Waals surface area (Å²) in [5.74, 6) is 0.643. The van der Waals surface area contributed by atoms with Gasteiger partial charge >= 0.3 is 0 Å². The summed E-state index contributed by atoms with van der Waals surface area (Å²) >= 11 is 4.90. The van der Waals surface area contributed by atoms with Gasteiger partial charge < -0.3 is 5.32 Å². The van der Waals surface area contributed by atoms with Gasteiger partial charge in [0.05, 0.1) is 10.7 Å². The Labute approximate surface area is 112 Å². The van der Waals surface area contributed by atoms with Crippen LogP contribution in [-0.4, -0.2) is 26.5 Å². The molecule has 0 bridgehead atoms. The molecule has 0 atom stereocenters. The lowest BCUT2D eigenvalue weighted by Crippen LogP contribution is -2.18. The van der Waals surface area contributed by atoms with E-state index in [2.05, 4.69) is 50.4 Å². The summed E-state index contributed by atoms with van der Waals surface area (Å²) in [6.07, 6.45) is 3.60. The van der Waals surface area contributed by atoms with Crippen LogP contribution in [-0.2, 0) is 6.54 Å². The number of hydrogen-bond donors (Lipinski definition) is 1. The highest BCUT2D eigenvalue weighted by molar-refractivity contribution is 9.10. The first-order valence-corrected chi connectivity index (χ1v) is 6.99. The van der Waals surface area contributed by atoms with Gasteiger partial charge in [-0.2, -0.15) is 5.10 Å². The van der Waals surface area contributed by atoms with Gasteiger partial charge in [-0.05, 0) is 28.4 Å². The van der Waals surface area contributed by atoms with Crippen LogP contribution in [0.1, 0.15) is 18.9 Å². The van der Waals surface area contributed by atoms with Crippen molar-refractivity contribution in [1.82, 2.24) is 25.3 Å². The molecule has 0 aliphatic heterocycles. The Hall–Kier alpha value is -0.790. The fourth-order valence-corrected chi connectivity index (χ4v) is 2.31. The Bertz CT molecular complexity index is 479. The lowest BCUT2D eigenvalue weighted by molar-refractivity contribution is 0.550. The van der Waals surface area contributed by atoms with E-state index < -0.39 is 0 Å². The van der Waals surface area contributed by atoms with E-state index >= 15 is 0 Å². The zero-order valence-corrected chi connectivity index (χ0v) is 12.1. The van der Waals surface area contributed by atoms with Crippen molar-refractivity contribution in [3.05, 3.63) is 21.9 Å². The Morgan fingerprint density at radius 3 is 2.94 bits per heavy atom. The van der Waals surface area contributed by atoms with Crippen LogP contribution in [0, 0.1) is 5.92 Å². The second-order valence-electron chi connectivity index (χ2n) is 4.11. The van der Waals surface area contributed by atoms with Gasteiger partial charge in [0.25, 0.3) is 0 Å². The zero-order chi connectivity index (χ0) is 12.3. The predicted molar refractivity (Wildman–Crippen MR) is 71.3 cm³/mol. The van der Waals surface area contributed by atoms with Gasteiger partial charge in [-0.25, -0.2) is 4.68 Å². The topological polar surface area (TPSA) is 55.6 Å². The maximum absolute atomic E-state index is 4.17. The van der Waals surface area contributed by atoms with Crippen LogP contribution in [0.5, 0.6) is 0 Å². The highest BCUT2D eigenvalue weighted by atomic mass is 79.9. The molecule has 0 amide bonds. The first kappa shape index (κ1) is 12.7. The number of nitrogens with one attached hydrogen (secondary N) is 1. The van der Waals surface area contributed by atoms with Gasteiger partial charge in [0.15, 0.2) is 0 Å². The van der Waals surface area contributed by atoms with Gasteiger partial charge in [0.1, 0.15) is 5.01 Å². The van der Waals surface area contributed by atoms with Crippen molar-refractivity contribution in [2.24, 2.45) is 5.92 Å². The van der Waals surface area contributed by atoms with Crippen molar-refractivity contribution >= 4 is 27.3 Å². The zero-order valence-electron chi connectivity index (χ0n) is 9.72. The molecule has 5 nitrogen and oxygen atoms in total. The third-order valence-corrected chi connectivity index (χ3v) is 3.35. The molecule has 0 radical (unpaired) electrons. The number of hydrogen-bond acceptors (Lipinski definition) is 5. The second kappa shape index (κ2) is 5.70. The van der Waals surface area contributed by atoms with Crippen molar-refractivity contribution in [3.63, 3.8) is 0 Å². The highest BCUT2D eigenvalue weighted by Gasteiger charge is 2.07. The van der Waals surface area contributed by atoms with Gasteiger partial charge in [0.2, 0.25) is 5.13 Å². The number of halogens is 1. The Balaban J connectivity index is 1.96. The molecule has 17 heavy (non-hydrogen) atoms. The SMILES string of the molecule is CC(C)CNCc1nnc(-n2cc(Br)cn2)s1. The molecule has 0 aromatic carbocycles. The largest absolute Gasteiger partial charge is 0.310 e. The van der Waals surface area contributed by atoms with Crippen molar-refractivity contribution in [3.8, 4) is 5.13 Å². The summed E-state index contributed by atoms with van der Waals surface area (Å²) in [5.41, 5.74) is 0. The Kier molecular flexibility index (Phi) is 4.25. The number of rotatable bonds is 5. The van der Waals surface area contributed by atoms with Gasteiger partial charge in [-0.15, -0.1) is 10.2 Å². The Morgan fingerprint density at radius 2 is 2.29 bits per heavy atom. The first-order valence-electron chi connectivity index (χ1n) is 5.39. The maximum Gasteiger partial charge on any atom is 0.232 e. The normalized spacial score (nSPS) is 11.3. The van der Waals surface area contributed by atoms with Crippen LogP contribution < -0.4 is 5.32 Å². The van der Waals surface area contributed by atoms with Crippen molar-refractivity contribution in [2.75, 3.05) is 6.54 Å². The quantitative estimate of drug-likeness (QED) is 0.919. The van der Waals surface area contributed by atoms with Crippen LogP contribution in [0.2, 0.25) is 0 Å². The second-order valence-corrected chi connectivity index (χ2v) is 6.06. The average Bonchev–Trinajstić information content (AvgIpc) is 2.86. The molecule has 0 spiro atoms. The van der Waals surface area contributed by atoms with Crippen molar-refractivity contribution in [1.29, 1.82) is 0 Å². The minimum absolute atomic E-state index is 0.643. The monoisotopic (exact) mass is 315 g/mol. The fraction of sp³-hybridized carbons (Fsp3) is 0.500. The molecule has 2 heterocycles. The molecule has 0 saturated heterocycles. The predicted octanol–water partition coefficient (Wildman–Crippen LogP) is 2.23. The smallest absolute Gasteiger partial charge is 0.232 e. The van der Waals surface area contributed by atoms with Crippen LogP contribution in [0.3, 0.4) is 0 Å². The van der Waals surface area contributed by atoms with Crippen molar-refractivity contribution < 1.29 is 0 Å². The highest BCUT2D eigenvalue weighted by Crippen LogP contribution is 2.16. The molecule has 0 unspecified atom stereocenters. The molecule has 2 aromatic rings. The fourth-order valence-electron chi connectivity index (χ4n) is 1.28. The summed E-state index contributed by atoms with van der Waals surface area (Å²) in [5, 5.41) is 17.5. The maximum atomic E-state index is 4.17. The van der Waals surface area contributed by atoms with Gasteiger partial charge in [-0.3, -0.25) is 0 Å². The summed E-state index contributed by atoms with van der Waals surface area (Å²) < 4.78 is 2.65. The first-order chi connectivity index (χ1) is 8.15. The van der Waals surface area contributed by atoms with Crippen molar-refractivity contribution in [2.45, 2.75) is 20.4 Å². The van der Waals surface area contributed by atoms with E-state index in [1.54, 1.807) is 22.2 Å². The van der Waals surface area contributed by atoms with Crippen LogP contribution >= 0.6 is 27.3 Å². The number of nitrogens with zero attached hydrogens (tertiary/aromatic N) is 4. The van der Waals surface area contributed by atoms with Crippen LogP contribution in [0.15, 0.2) is 16.9 Å². The van der Waals surface area contributed by atoms with E-state index in [9.17, 15) is 0 Å². The summed E-state index contributed by atoms with van der Waals surface area (Å²) in [6, 6.07) is 0. The molecule has 0 aliphatic rings. The molecule has 0 aliphatic carbocycles. The van der Waals surface area contributed by atoms with E-state index in [0.717, 1.165) is 27.7 Å². The molecule has 2 rings (SSSR count). The lowest BCUT2D eigenvalue weighted by Gasteiger charge is -2.03. The van der Waals surface area contributed by atoms with E-state index in [1.807, 2.05) is 6.20 Å². The van der Waals surface area contributed by atoms with Crippen LogP contribution in [0.25, 0.3) is 5.13 Å². The van der Waals surface area contributed by atoms with E-state index in [4.69, 9.17) is 0 Å². The molecule has 1 N–H and O–H groups in total. The lowest BCUT2D eigenvalue weighted by atomic mass is 10.2. The minimum atomic E-state index is 0.643. The van der Waals surface area contributed by atoms with Crippen LogP contribution in [0.4, 0.5) is 0 Å². The molecular weight excluding hydrogens is 302 g/mol. The summed E-state index contributed by atoms with van der Waals surface area (Å²) in [7, 11) is 0. The molecule has 7 heteroatoms. The molecule has 0 saturated carbocycles. The third kappa shape index (κ3) is 3.58. The number of aromatic nitrogens is 4. The van der Waals surface area contributed by atoms with Gasteiger partial charge in [0, 0.05) is 12.7 Å². The molecule has 0 fully saturated rings. The van der Waals surface area contributed by atoms with E-state index in [0.29, 0.717) is 5.92 Å². The third-order valence-electron chi connectivity index (χ3n) is 2.03. The van der Waals surface area contributed by atoms with E-state index in [-0.39, 0.29) is 0 Å². The standard InChI is InChI=1S/C10H14BrN5S/c1-7(2)3-12-5-9-14-15-10(17-9)16-6-8(11)4-13-16/h4,6-7,12H,3,5H2,1-2H3. The van der Waals surface area contributed by atoms with E-state index in [1.165, 1.54) is 0 Å². The van der Waals surface area contributed by atoms with Gasteiger partial charge in [-0.1, -0.05) is 25.2 Å². The molecule has 2 aromatic heterocycles.